The van der Waals surface area contributed by atoms with Crippen molar-refractivity contribution in [3.8, 4) is 5.75 Å². The Bertz CT molecular complexity index is 1540. The molecule has 0 unspecified atom stereocenters. The minimum absolute atomic E-state index is 0.0538. The molecule has 0 saturated heterocycles. The van der Waals surface area contributed by atoms with E-state index in [9.17, 15) is 28.3 Å². The van der Waals surface area contributed by atoms with Crippen LogP contribution >= 0.6 is 11.6 Å². The molecule has 2 aliphatic rings. The van der Waals surface area contributed by atoms with E-state index in [1.807, 2.05) is 6.07 Å². The molecule has 0 saturated carbocycles. The quantitative estimate of drug-likeness (QED) is 0.357. The maximum Gasteiger partial charge on any atom is 0.275 e. The zero-order valence-electron chi connectivity index (χ0n) is 20.7. The van der Waals surface area contributed by atoms with Gasteiger partial charge < -0.3 is 24.6 Å². The van der Waals surface area contributed by atoms with Gasteiger partial charge in [-0.2, -0.15) is 0 Å². The Morgan fingerprint density at radius 2 is 1.90 bits per heavy atom. The molecule has 39 heavy (non-hydrogen) atoms. The number of hydrogen-bond acceptors (Lipinski definition) is 5. The van der Waals surface area contributed by atoms with Gasteiger partial charge in [0.15, 0.2) is 11.4 Å². The van der Waals surface area contributed by atoms with Crippen molar-refractivity contribution >= 4 is 23.4 Å². The highest BCUT2D eigenvalue weighted by atomic mass is 35.5. The normalized spacial score (nSPS) is 19.9. The highest BCUT2D eigenvalue weighted by molar-refractivity contribution is 6.30. The van der Waals surface area contributed by atoms with Gasteiger partial charge in [-0.1, -0.05) is 60.2 Å². The molecule has 2 bridgehead atoms. The number of rotatable bonds is 6. The van der Waals surface area contributed by atoms with Crippen LogP contribution in [0.5, 0.6) is 5.75 Å². The van der Waals surface area contributed by atoms with Crippen molar-refractivity contribution < 1.29 is 28.2 Å². The van der Waals surface area contributed by atoms with Crippen LogP contribution in [0.1, 0.15) is 44.9 Å². The first-order chi connectivity index (χ1) is 18.7. The summed E-state index contributed by atoms with van der Waals surface area (Å²) >= 11 is 5.63. The number of fused-ring (bicyclic) bond motifs is 4. The van der Waals surface area contributed by atoms with Crippen LogP contribution in [0.15, 0.2) is 65.6 Å². The molecule has 0 fully saturated rings. The fourth-order valence-electron chi connectivity index (χ4n) is 4.72. The molecule has 8 nitrogen and oxygen atoms in total. The van der Waals surface area contributed by atoms with Gasteiger partial charge in [-0.3, -0.25) is 14.4 Å². The van der Waals surface area contributed by atoms with Gasteiger partial charge >= 0.3 is 0 Å². The molecule has 0 aliphatic carbocycles. The third-order valence-electron chi connectivity index (χ3n) is 6.89. The van der Waals surface area contributed by atoms with Crippen LogP contribution in [0.25, 0.3) is 0 Å². The van der Waals surface area contributed by atoms with Crippen molar-refractivity contribution in [2.24, 2.45) is 0 Å². The average molecular weight is 556 g/mol. The highest BCUT2D eigenvalue weighted by Crippen LogP contribution is 2.33. The second-order valence-corrected chi connectivity index (χ2v) is 9.77. The monoisotopic (exact) mass is 555 g/mol. The number of hydrogen-bond donors (Lipinski definition) is 2. The van der Waals surface area contributed by atoms with Crippen LogP contribution in [0.3, 0.4) is 0 Å². The fraction of sp³-hybridized carbons (Fsp3) is 0.250. The zero-order valence-corrected chi connectivity index (χ0v) is 21.5. The molecular formula is C28H24ClF2N3O5. The van der Waals surface area contributed by atoms with E-state index in [2.05, 4.69) is 5.32 Å². The summed E-state index contributed by atoms with van der Waals surface area (Å²) in [5, 5.41) is 12.6. The summed E-state index contributed by atoms with van der Waals surface area (Å²) in [5.41, 5.74) is -0.641. The lowest BCUT2D eigenvalue weighted by atomic mass is 10.0. The van der Waals surface area contributed by atoms with Crippen LogP contribution in [0.4, 0.5) is 8.78 Å². The number of nitrogens with one attached hydrogen (secondary N) is 1. The molecule has 11 heteroatoms. The largest absolute Gasteiger partial charge is 0.483 e. The summed E-state index contributed by atoms with van der Waals surface area (Å²) in [6.07, 6.45) is 3.47. The van der Waals surface area contributed by atoms with Crippen LogP contribution in [-0.2, 0) is 13.2 Å². The molecule has 0 spiro atoms. The van der Waals surface area contributed by atoms with E-state index in [1.165, 1.54) is 15.7 Å². The summed E-state index contributed by atoms with van der Waals surface area (Å²) in [7, 11) is 0. The Kier molecular flexibility index (Phi) is 7.24. The number of aliphatic hydroxyl groups excluding tert-OH is 1. The third-order valence-corrected chi connectivity index (χ3v) is 7.24. The second kappa shape index (κ2) is 10.6. The lowest BCUT2D eigenvalue weighted by molar-refractivity contribution is 0.0530. The molecule has 2 N–H and O–H groups in total. The maximum atomic E-state index is 14.4. The van der Waals surface area contributed by atoms with Crippen molar-refractivity contribution in [2.45, 2.75) is 38.3 Å². The van der Waals surface area contributed by atoms with E-state index in [0.717, 1.165) is 17.7 Å². The van der Waals surface area contributed by atoms with Crippen molar-refractivity contribution in [2.75, 3.05) is 6.54 Å². The number of carbonyl (C=O) groups excluding carboxylic acids is 2. The summed E-state index contributed by atoms with van der Waals surface area (Å²) in [4.78, 5) is 41.9. The summed E-state index contributed by atoms with van der Waals surface area (Å²) in [6.45, 7) is 1.50. The predicted molar refractivity (Wildman–Crippen MR) is 139 cm³/mol. The second-order valence-electron chi connectivity index (χ2n) is 9.39. The number of aliphatic hydroxyl groups is 1. The van der Waals surface area contributed by atoms with E-state index >= 15 is 0 Å². The molecule has 2 aromatic carbocycles. The number of pyridine rings is 1. The van der Waals surface area contributed by atoms with Gasteiger partial charge in [-0.15, -0.1) is 0 Å². The standard InChI is InChI=1S/C28H24ClF2N3O5/c1-15-7-10-21(35)20-13-33(15)28(38)24-26(39-14-16-5-3-2-4-6-16)25(36)18(12-34(20)24)27(37)32-11-17-8-9-19(30)22(29)23(17)31/h2-10,12,15,20-21,35H,11,13-14H2,1H3,(H,32,37)/t15-,20+,21-/m0/s1. The van der Waals surface area contributed by atoms with Gasteiger partial charge in [0.05, 0.1) is 12.1 Å². The minimum atomic E-state index is -1.03. The first-order valence-electron chi connectivity index (χ1n) is 12.2. The van der Waals surface area contributed by atoms with Crippen LogP contribution in [0, 0.1) is 11.6 Å². The van der Waals surface area contributed by atoms with Crippen LogP contribution in [0.2, 0.25) is 5.02 Å². The molecule has 202 valence electrons. The van der Waals surface area contributed by atoms with E-state index < -0.39 is 46.0 Å². The van der Waals surface area contributed by atoms with E-state index in [1.54, 1.807) is 43.3 Å². The Balaban J connectivity index is 1.56. The topological polar surface area (TPSA) is 101 Å². The van der Waals surface area contributed by atoms with E-state index in [4.69, 9.17) is 16.3 Å². The Labute approximate surface area is 227 Å². The summed E-state index contributed by atoms with van der Waals surface area (Å²) in [5.74, 6) is -3.65. The first kappa shape index (κ1) is 26.6. The smallest absolute Gasteiger partial charge is 0.275 e. The fourth-order valence-corrected chi connectivity index (χ4v) is 4.90. The Morgan fingerprint density at radius 1 is 1.15 bits per heavy atom. The van der Waals surface area contributed by atoms with Gasteiger partial charge in [0.1, 0.15) is 28.8 Å². The minimum Gasteiger partial charge on any atom is -0.483 e. The predicted octanol–water partition coefficient (Wildman–Crippen LogP) is 3.61. The van der Waals surface area contributed by atoms with Crippen molar-refractivity contribution in [3.05, 3.63) is 110 Å². The third kappa shape index (κ3) is 4.93. The van der Waals surface area contributed by atoms with Gasteiger partial charge in [0.2, 0.25) is 5.43 Å². The number of aromatic nitrogens is 1. The molecule has 1 aromatic heterocycles. The van der Waals surface area contributed by atoms with Crippen molar-refractivity contribution in [1.29, 1.82) is 0 Å². The molecule has 2 amide bonds. The Hall–Kier alpha value is -4.02. The molecule has 5 rings (SSSR count). The van der Waals surface area contributed by atoms with Crippen molar-refractivity contribution in [3.63, 3.8) is 0 Å². The number of nitrogens with zero attached hydrogens (tertiary/aromatic N) is 2. The molecule has 3 heterocycles. The molecule has 3 aromatic rings. The number of halogens is 3. The molecule has 3 atom stereocenters. The van der Waals surface area contributed by atoms with Crippen LogP contribution in [-0.4, -0.2) is 45.1 Å². The van der Waals surface area contributed by atoms with Crippen LogP contribution < -0.4 is 15.5 Å². The summed E-state index contributed by atoms with van der Waals surface area (Å²) in [6, 6.07) is 10.0. The zero-order chi connectivity index (χ0) is 27.8. The van der Waals surface area contributed by atoms with Gasteiger partial charge in [0.25, 0.3) is 11.8 Å². The number of ether oxygens (including phenoxy) is 1. The first-order valence-corrected chi connectivity index (χ1v) is 12.6. The number of amides is 2. The Morgan fingerprint density at radius 3 is 2.64 bits per heavy atom. The van der Waals surface area contributed by atoms with E-state index in [0.29, 0.717) is 0 Å². The number of benzene rings is 2. The lowest BCUT2D eigenvalue weighted by Crippen LogP contribution is -2.49. The average Bonchev–Trinajstić information content (AvgIpc) is 3.06. The highest BCUT2D eigenvalue weighted by Gasteiger charge is 2.41. The maximum absolute atomic E-state index is 14.4. The molecule has 2 aliphatic heterocycles. The van der Waals surface area contributed by atoms with Gasteiger partial charge in [-0.05, 0) is 18.6 Å². The summed E-state index contributed by atoms with van der Waals surface area (Å²) < 4.78 is 35.2. The molecule has 0 radical (unpaired) electrons. The van der Waals surface area contributed by atoms with Gasteiger partial charge in [-0.25, -0.2) is 8.78 Å². The molecular weight excluding hydrogens is 532 g/mol. The van der Waals surface area contributed by atoms with Gasteiger partial charge in [0, 0.05) is 30.9 Å². The van der Waals surface area contributed by atoms with E-state index in [-0.39, 0.29) is 48.3 Å². The SMILES string of the molecule is C[C@H]1C=C[C@H](O)[C@H]2CN1C(=O)c1c(OCc3ccccc3)c(=O)c(C(=O)NCc3ccc(F)c(Cl)c3F)cn12. The lowest BCUT2D eigenvalue weighted by Gasteiger charge is -2.38. The van der Waals surface area contributed by atoms with Crippen molar-refractivity contribution in [1.82, 2.24) is 14.8 Å². The number of carbonyl (C=O) groups is 2.